The first kappa shape index (κ1) is 12.2. The molecule has 0 unspecified atom stereocenters. The fraction of sp³-hybridized carbons (Fsp3) is 0.357. The van der Waals surface area contributed by atoms with Crippen LogP contribution in [0.5, 0.6) is 0 Å². The van der Waals surface area contributed by atoms with Crippen LogP contribution in [0.25, 0.3) is 5.69 Å². The van der Waals surface area contributed by atoms with Crippen LogP contribution in [0.3, 0.4) is 0 Å². The molecular formula is C14H18N2S. The predicted molar refractivity (Wildman–Crippen MR) is 74.0 cm³/mol. The molecule has 0 aliphatic carbocycles. The van der Waals surface area contributed by atoms with Crippen LogP contribution in [0.15, 0.2) is 35.7 Å². The van der Waals surface area contributed by atoms with Gasteiger partial charge in [-0.05, 0) is 37.1 Å². The van der Waals surface area contributed by atoms with Gasteiger partial charge in [-0.25, -0.2) is 4.98 Å². The maximum Gasteiger partial charge on any atom is 0.172 e. The summed E-state index contributed by atoms with van der Waals surface area (Å²) in [6.07, 6.45) is 3.88. The maximum atomic E-state index is 4.41. The minimum Gasteiger partial charge on any atom is -0.295 e. The van der Waals surface area contributed by atoms with E-state index in [2.05, 4.69) is 55.4 Å². The molecule has 0 saturated carbocycles. The van der Waals surface area contributed by atoms with Crippen LogP contribution in [-0.2, 0) is 0 Å². The van der Waals surface area contributed by atoms with Crippen molar-refractivity contribution >= 4 is 11.8 Å². The lowest BCUT2D eigenvalue weighted by molar-refractivity contribution is 0.886. The van der Waals surface area contributed by atoms with Gasteiger partial charge in [0.1, 0.15) is 0 Å². The molecule has 0 aliphatic heterocycles. The van der Waals surface area contributed by atoms with Gasteiger partial charge in [0.05, 0.1) is 0 Å². The van der Waals surface area contributed by atoms with Crippen molar-refractivity contribution < 1.29 is 0 Å². The number of imidazole rings is 1. The van der Waals surface area contributed by atoms with Crippen molar-refractivity contribution in [2.75, 3.05) is 0 Å². The number of aryl methyl sites for hydroxylation is 2. The Labute approximate surface area is 107 Å². The lowest BCUT2D eigenvalue weighted by Crippen LogP contribution is -1.98. The zero-order chi connectivity index (χ0) is 12.4. The summed E-state index contributed by atoms with van der Waals surface area (Å²) in [5.74, 6) is 0. The van der Waals surface area contributed by atoms with E-state index >= 15 is 0 Å². The van der Waals surface area contributed by atoms with Crippen molar-refractivity contribution in [1.29, 1.82) is 0 Å². The number of hydrogen-bond acceptors (Lipinski definition) is 2. The SMILES string of the molecule is Cc1ccc(-n2ccnc2SC(C)C)cc1C. The van der Waals surface area contributed by atoms with Gasteiger partial charge in [-0.2, -0.15) is 0 Å². The van der Waals surface area contributed by atoms with Crippen LogP contribution in [-0.4, -0.2) is 14.8 Å². The first-order valence-corrected chi connectivity index (χ1v) is 6.73. The van der Waals surface area contributed by atoms with Crippen molar-refractivity contribution in [3.05, 3.63) is 41.7 Å². The van der Waals surface area contributed by atoms with Gasteiger partial charge in [-0.3, -0.25) is 4.57 Å². The predicted octanol–water partition coefficient (Wildman–Crippen LogP) is 3.99. The normalized spacial score (nSPS) is 11.1. The second kappa shape index (κ2) is 4.96. The summed E-state index contributed by atoms with van der Waals surface area (Å²) >= 11 is 1.79. The minimum absolute atomic E-state index is 0.544. The highest BCUT2D eigenvalue weighted by molar-refractivity contribution is 7.99. The van der Waals surface area contributed by atoms with Gasteiger partial charge in [0, 0.05) is 23.3 Å². The third-order valence-electron chi connectivity index (χ3n) is 2.72. The van der Waals surface area contributed by atoms with Gasteiger partial charge in [-0.15, -0.1) is 0 Å². The molecule has 2 aromatic rings. The Hall–Kier alpha value is -1.22. The Bertz CT molecular complexity index is 515. The number of nitrogens with zero attached hydrogens (tertiary/aromatic N) is 2. The molecule has 0 saturated heterocycles. The van der Waals surface area contributed by atoms with Gasteiger partial charge < -0.3 is 0 Å². The van der Waals surface area contributed by atoms with Crippen molar-refractivity contribution in [3.8, 4) is 5.69 Å². The second-order valence-corrected chi connectivity index (χ2v) is 6.06. The molecule has 1 aromatic heterocycles. The fourth-order valence-corrected chi connectivity index (χ4v) is 2.48. The highest BCUT2D eigenvalue weighted by Gasteiger charge is 2.08. The Balaban J connectivity index is 2.39. The molecule has 0 radical (unpaired) electrons. The first-order chi connectivity index (χ1) is 8.08. The lowest BCUT2D eigenvalue weighted by Gasteiger charge is -2.10. The standard InChI is InChI=1S/C14H18N2S/c1-10(2)17-14-15-7-8-16(14)13-6-5-11(3)12(4)9-13/h5-10H,1-4H3. The highest BCUT2D eigenvalue weighted by atomic mass is 32.2. The Morgan fingerprint density at radius 1 is 1.18 bits per heavy atom. The third-order valence-corrected chi connectivity index (χ3v) is 3.70. The van der Waals surface area contributed by atoms with Crippen molar-refractivity contribution in [2.24, 2.45) is 0 Å². The van der Waals surface area contributed by atoms with Crippen molar-refractivity contribution in [2.45, 2.75) is 38.1 Å². The summed E-state index contributed by atoms with van der Waals surface area (Å²) in [7, 11) is 0. The minimum atomic E-state index is 0.544. The van der Waals surface area contributed by atoms with Gasteiger partial charge in [-0.1, -0.05) is 31.7 Å². The van der Waals surface area contributed by atoms with Crippen LogP contribution in [0.1, 0.15) is 25.0 Å². The molecule has 90 valence electrons. The van der Waals surface area contributed by atoms with Gasteiger partial charge in [0.15, 0.2) is 5.16 Å². The van der Waals surface area contributed by atoms with Gasteiger partial charge in [0.25, 0.3) is 0 Å². The van der Waals surface area contributed by atoms with E-state index in [-0.39, 0.29) is 0 Å². The summed E-state index contributed by atoms with van der Waals surface area (Å²) < 4.78 is 2.15. The Morgan fingerprint density at radius 3 is 2.59 bits per heavy atom. The number of rotatable bonds is 3. The molecular weight excluding hydrogens is 228 g/mol. The second-order valence-electron chi connectivity index (χ2n) is 4.51. The van der Waals surface area contributed by atoms with E-state index in [0.717, 1.165) is 5.16 Å². The molecule has 1 heterocycles. The van der Waals surface area contributed by atoms with E-state index in [9.17, 15) is 0 Å². The average Bonchev–Trinajstić information content (AvgIpc) is 2.69. The summed E-state index contributed by atoms with van der Waals surface area (Å²) in [4.78, 5) is 4.41. The van der Waals surface area contributed by atoms with E-state index < -0.39 is 0 Å². The molecule has 1 aromatic carbocycles. The molecule has 0 aliphatic rings. The third kappa shape index (κ3) is 2.72. The molecule has 0 N–H and O–H groups in total. The monoisotopic (exact) mass is 246 g/mol. The van der Waals surface area contributed by atoms with Crippen LogP contribution < -0.4 is 0 Å². The summed E-state index contributed by atoms with van der Waals surface area (Å²) in [5, 5.41) is 1.60. The Kier molecular flexibility index (Phi) is 3.57. The zero-order valence-electron chi connectivity index (χ0n) is 10.8. The zero-order valence-corrected chi connectivity index (χ0v) is 11.6. The smallest absolute Gasteiger partial charge is 0.172 e. The lowest BCUT2D eigenvalue weighted by atomic mass is 10.1. The molecule has 2 nitrogen and oxygen atoms in total. The van der Waals surface area contributed by atoms with E-state index in [1.807, 2.05) is 12.4 Å². The molecule has 0 amide bonds. The van der Waals surface area contributed by atoms with Crippen molar-refractivity contribution in [1.82, 2.24) is 9.55 Å². The number of benzene rings is 1. The number of hydrogen-bond donors (Lipinski definition) is 0. The fourth-order valence-electron chi connectivity index (χ4n) is 1.66. The quantitative estimate of drug-likeness (QED) is 0.762. The summed E-state index contributed by atoms with van der Waals surface area (Å²) in [6.45, 7) is 8.65. The average molecular weight is 246 g/mol. The van der Waals surface area contributed by atoms with E-state index in [1.165, 1.54) is 16.8 Å². The van der Waals surface area contributed by atoms with E-state index in [1.54, 1.807) is 11.8 Å². The van der Waals surface area contributed by atoms with Crippen LogP contribution >= 0.6 is 11.8 Å². The van der Waals surface area contributed by atoms with E-state index in [4.69, 9.17) is 0 Å². The molecule has 0 spiro atoms. The molecule has 2 rings (SSSR count). The van der Waals surface area contributed by atoms with Crippen LogP contribution in [0, 0.1) is 13.8 Å². The molecule has 17 heavy (non-hydrogen) atoms. The number of thioether (sulfide) groups is 1. The molecule has 3 heteroatoms. The maximum absolute atomic E-state index is 4.41. The van der Waals surface area contributed by atoms with E-state index in [0.29, 0.717) is 5.25 Å². The van der Waals surface area contributed by atoms with Crippen molar-refractivity contribution in [3.63, 3.8) is 0 Å². The van der Waals surface area contributed by atoms with Gasteiger partial charge in [0.2, 0.25) is 0 Å². The summed E-state index contributed by atoms with van der Waals surface area (Å²) in [6, 6.07) is 6.52. The summed E-state index contributed by atoms with van der Waals surface area (Å²) in [5.41, 5.74) is 3.83. The largest absolute Gasteiger partial charge is 0.295 e. The van der Waals surface area contributed by atoms with Crippen LogP contribution in [0.4, 0.5) is 0 Å². The molecule has 0 atom stereocenters. The topological polar surface area (TPSA) is 17.8 Å². The first-order valence-electron chi connectivity index (χ1n) is 5.85. The number of aromatic nitrogens is 2. The molecule has 0 fully saturated rings. The highest BCUT2D eigenvalue weighted by Crippen LogP contribution is 2.24. The Morgan fingerprint density at radius 2 is 1.94 bits per heavy atom. The molecule has 0 bridgehead atoms. The van der Waals surface area contributed by atoms with Crippen LogP contribution in [0.2, 0.25) is 0 Å². The van der Waals surface area contributed by atoms with Gasteiger partial charge >= 0.3 is 0 Å².